The van der Waals surface area contributed by atoms with Crippen molar-refractivity contribution in [3.8, 4) is 0 Å². The Kier molecular flexibility index (Phi) is 4.87. The number of hydrogen-bond donors (Lipinski definition) is 1. The summed E-state index contributed by atoms with van der Waals surface area (Å²) >= 11 is 1.73. The molecular weight excluding hydrogens is 292 g/mol. The summed E-state index contributed by atoms with van der Waals surface area (Å²) in [4.78, 5) is 6.04. The van der Waals surface area contributed by atoms with Crippen LogP contribution in [0.2, 0.25) is 0 Å². The van der Waals surface area contributed by atoms with E-state index >= 15 is 0 Å². The van der Waals surface area contributed by atoms with Gasteiger partial charge in [0.25, 0.3) is 0 Å². The second kappa shape index (κ2) is 6.12. The van der Waals surface area contributed by atoms with Gasteiger partial charge in [0, 0.05) is 4.88 Å². The summed E-state index contributed by atoms with van der Waals surface area (Å²) < 4.78 is 23.5. The van der Waals surface area contributed by atoms with Crippen molar-refractivity contribution in [1.29, 1.82) is 0 Å². The van der Waals surface area contributed by atoms with Crippen molar-refractivity contribution in [3.63, 3.8) is 0 Å². The molecule has 2 heterocycles. The molecule has 1 N–H and O–H groups in total. The van der Waals surface area contributed by atoms with Gasteiger partial charge in [0.2, 0.25) is 0 Å². The van der Waals surface area contributed by atoms with Crippen molar-refractivity contribution < 1.29 is 8.42 Å². The Bertz CT molecular complexity index is 550. The molecule has 0 atom stereocenters. The van der Waals surface area contributed by atoms with Crippen LogP contribution in [0.1, 0.15) is 48.7 Å². The van der Waals surface area contributed by atoms with Gasteiger partial charge in [0.1, 0.15) is 14.8 Å². The van der Waals surface area contributed by atoms with Crippen LogP contribution in [0.25, 0.3) is 0 Å². The number of nitrogens with zero attached hydrogens (tertiary/aromatic N) is 1. The van der Waals surface area contributed by atoms with Crippen LogP contribution in [-0.4, -0.2) is 31.5 Å². The van der Waals surface area contributed by atoms with Crippen LogP contribution in [0.4, 0.5) is 0 Å². The lowest BCUT2D eigenvalue weighted by Crippen LogP contribution is -2.48. The first-order chi connectivity index (χ1) is 9.42. The SMILES string of the molecule is CCCNC1(c2nc(CC)c(C)s2)CCS(=O)(=O)CC1. The van der Waals surface area contributed by atoms with Gasteiger partial charge in [0.15, 0.2) is 0 Å². The van der Waals surface area contributed by atoms with Crippen LogP contribution in [0.5, 0.6) is 0 Å². The van der Waals surface area contributed by atoms with Crippen LogP contribution in [0.15, 0.2) is 0 Å². The fourth-order valence-corrected chi connectivity index (χ4v) is 5.43. The third kappa shape index (κ3) is 3.23. The minimum absolute atomic E-state index is 0.232. The third-order valence-electron chi connectivity index (χ3n) is 4.03. The maximum atomic E-state index is 11.7. The quantitative estimate of drug-likeness (QED) is 0.906. The second-order valence-electron chi connectivity index (χ2n) is 5.54. The topological polar surface area (TPSA) is 59.1 Å². The van der Waals surface area contributed by atoms with Gasteiger partial charge in [-0.3, -0.25) is 0 Å². The van der Waals surface area contributed by atoms with Gasteiger partial charge >= 0.3 is 0 Å². The molecule has 2 rings (SSSR count). The lowest BCUT2D eigenvalue weighted by molar-refractivity contribution is 0.299. The van der Waals surface area contributed by atoms with E-state index in [0.717, 1.165) is 30.1 Å². The standard InChI is InChI=1S/C14H24N2O2S2/c1-4-8-15-14(6-9-20(17,18)10-7-14)13-16-12(5-2)11(3)19-13/h15H,4-10H2,1-3H3. The van der Waals surface area contributed by atoms with E-state index in [0.29, 0.717) is 12.8 Å². The molecule has 1 aliphatic heterocycles. The smallest absolute Gasteiger partial charge is 0.150 e. The van der Waals surface area contributed by atoms with E-state index in [2.05, 4.69) is 26.1 Å². The van der Waals surface area contributed by atoms with Gasteiger partial charge in [-0.1, -0.05) is 13.8 Å². The Morgan fingerprint density at radius 1 is 1.30 bits per heavy atom. The third-order valence-corrected chi connectivity index (χ3v) is 6.90. The summed E-state index contributed by atoms with van der Waals surface area (Å²) in [7, 11) is -2.86. The Balaban J connectivity index is 2.31. The fraction of sp³-hybridized carbons (Fsp3) is 0.786. The Hall–Kier alpha value is -0.460. The maximum Gasteiger partial charge on any atom is 0.150 e. The highest BCUT2D eigenvalue weighted by Gasteiger charge is 2.40. The Morgan fingerprint density at radius 2 is 1.95 bits per heavy atom. The van der Waals surface area contributed by atoms with Gasteiger partial charge in [-0.25, -0.2) is 13.4 Å². The fourth-order valence-electron chi connectivity index (χ4n) is 2.68. The Labute approximate surface area is 125 Å². The maximum absolute atomic E-state index is 11.7. The summed E-state index contributed by atoms with van der Waals surface area (Å²) in [5, 5.41) is 4.67. The molecule has 0 aliphatic carbocycles. The minimum atomic E-state index is -2.86. The zero-order chi connectivity index (χ0) is 14.8. The van der Waals surface area contributed by atoms with Crippen LogP contribution in [0, 0.1) is 6.92 Å². The van der Waals surface area contributed by atoms with Crippen molar-refractivity contribution in [2.45, 2.75) is 52.0 Å². The number of aromatic nitrogens is 1. The molecule has 1 aromatic rings. The van der Waals surface area contributed by atoms with E-state index in [9.17, 15) is 8.42 Å². The summed E-state index contributed by atoms with van der Waals surface area (Å²) in [6, 6.07) is 0. The average Bonchev–Trinajstić information content (AvgIpc) is 2.80. The summed E-state index contributed by atoms with van der Waals surface area (Å²) in [5.41, 5.74) is 0.917. The van der Waals surface area contributed by atoms with E-state index < -0.39 is 9.84 Å². The molecule has 0 aromatic carbocycles. The molecule has 114 valence electrons. The van der Waals surface area contributed by atoms with E-state index in [-0.39, 0.29) is 17.0 Å². The van der Waals surface area contributed by atoms with E-state index in [4.69, 9.17) is 4.98 Å². The lowest BCUT2D eigenvalue weighted by Gasteiger charge is -2.36. The molecule has 1 aliphatic rings. The largest absolute Gasteiger partial charge is 0.305 e. The average molecular weight is 316 g/mol. The highest BCUT2D eigenvalue weighted by Crippen LogP contribution is 2.37. The van der Waals surface area contributed by atoms with Gasteiger partial charge in [0.05, 0.1) is 22.7 Å². The van der Waals surface area contributed by atoms with Crippen LogP contribution >= 0.6 is 11.3 Å². The van der Waals surface area contributed by atoms with E-state index in [1.165, 1.54) is 4.88 Å². The lowest BCUT2D eigenvalue weighted by atomic mass is 9.92. The molecule has 0 unspecified atom stereocenters. The molecule has 0 saturated carbocycles. The molecule has 6 heteroatoms. The van der Waals surface area contributed by atoms with Gasteiger partial charge in [-0.2, -0.15) is 0 Å². The molecule has 1 fully saturated rings. The number of sulfone groups is 1. The van der Waals surface area contributed by atoms with Crippen molar-refractivity contribution in [1.82, 2.24) is 10.3 Å². The summed E-state index contributed by atoms with van der Waals surface area (Å²) in [6.07, 6.45) is 3.26. The number of hydrogen-bond acceptors (Lipinski definition) is 5. The predicted octanol–water partition coefficient (Wildman–Crippen LogP) is 2.42. The zero-order valence-corrected chi connectivity index (χ0v) is 14.2. The normalized spacial score (nSPS) is 20.9. The first-order valence-electron chi connectivity index (χ1n) is 7.34. The van der Waals surface area contributed by atoms with Crippen LogP contribution in [-0.2, 0) is 21.8 Å². The molecule has 0 radical (unpaired) electrons. The van der Waals surface area contributed by atoms with E-state index in [1.54, 1.807) is 11.3 Å². The van der Waals surface area contributed by atoms with E-state index in [1.807, 2.05) is 0 Å². The first-order valence-corrected chi connectivity index (χ1v) is 9.98. The predicted molar refractivity (Wildman–Crippen MR) is 84.1 cm³/mol. The zero-order valence-electron chi connectivity index (χ0n) is 12.5. The van der Waals surface area contributed by atoms with Crippen molar-refractivity contribution >= 4 is 21.2 Å². The molecule has 0 amide bonds. The molecule has 0 spiro atoms. The Morgan fingerprint density at radius 3 is 2.45 bits per heavy atom. The van der Waals surface area contributed by atoms with Gasteiger partial charge in [-0.15, -0.1) is 11.3 Å². The number of aryl methyl sites for hydroxylation is 2. The second-order valence-corrected chi connectivity index (χ2v) is 9.04. The summed E-state index contributed by atoms with van der Waals surface area (Å²) in [5.74, 6) is 0.535. The number of thiazole rings is 1. The van der Waals surface area contributed by atoms with Gasteiger partial charge in [-0.05, 0) is 39.2 Å². The highest BCUT2D eigenvalue weighted by molar-refractivity contribution is 7.91. The molecule has 1 aromatic heterocycles. The highest BCUT2D eigenvalue weighted by atomic mass is 32.2. The van der Waals surface area contributed by atoms with Crippen molar-refractivity contribution in [2.75, 3.05) is 18.1 Å². The van der Waals surface area contributed by atoms with Gasteiger partial charge < -0.3 is 5.32 Å². The number of nitrogens with one attached hydrogen (secondary N) is 1. The molecule has 1 saturated heterocycles. The molecule has 0 bridgehead atoms. The molecule has 20 heavy (non-hydrogen) atoms. The molecule has 4 nitrogen and oxygen atoms in total. The molecular formula is C14H24N2O2S2. The number of rotatable bonds is 5. The van der Waals surface area contributed by atoms with Crippen molar-refractivity contribution in [3.05, 3.63) is 15.6 Å². The van der Waals surface area contributed by atoms with Crippen LogP contribution in [0.3, 0.4) is 0 Å². The van der Waals surface area contributed by atoms with Crippen molar-refractivity contribution in [2.24, 2.45) is 0 Å². The minimum Gasteiger partial charge on any atom is -0.305 e. The monoisotopic (exact) mass is 316 g/mol. The summed E-state index contributed by atoms with van der Waals surface area (Å²) in [6.45, 7) is 7.25. The first kappa shape index (κ1) is 15.9. The van der Waals surface area contributed by atoms with Crippen LogP contribution < -0.4 is 5.32 Å².